The van der Waals surface area contributed by atoms with E-state index in [-0.39, 0.29) is 18.3 Å². The fourth-order valence-electron chi connectivity index (χ4n) is 4.87. The highest BCUT2D eigenvalue weighted by Gasteiger charge is 2.42. The molecule has 228 valence electrons. The van der Waals surface area contributed by atoms with Gasteiger partial charge in [0.15, 0.2) is 0 Å². The number of rotatable bonds is 10. The number of hydrogen-bond donors (Lipinski definition) is 2. The fourth-order valence-corrected chi connectivity index (χ4v) is 4.87. The van der Waals surface area contributed by atoms with E-state index in [0.717, 1.165) is 46.4 Å². The minimum absolute atomic E-state index is 0.0787. The highest BCUT2D eigenvalue weighted by atomic mass is 19.4. The van der Waals surface area contributed by atoms with Gasteiger partial charge in [-0.2, -0.15) is 13.2 Å². The number of halogens is 3. The quantitative estimate of drug-likeness (QED) is 0.170. The van der Waals surface area contributed by atoms with Crippen LogP contribution in [0.2, 0.25) is 0 Å². The first kappa shape index (κ1) is 30.8. The number of alkyl halides is 3. The Morgan fingerprint density at radius 3 is 2.36 bits per heavy atom. The Bertz CT molecular complexity index is 1590. The van der Waals surface area contributed by atoms with Gasteiger partial charge in [-0.05, 0) is 65.4 Å². The van der Waals surface area contributed by atoms with E-state index in [0.29, 0.717) is 18.8 Å². The molecule has 0 radical (unpaired) electrons. The van der Waals surface area contributed by atoms with E-state index in [9.17, 15) is 27.9 Å². The van der Waals surface area contributed by atoms with Crippen LogP contribution < -0.4 is 14.8 Å². The average molecular weight is 606 g/mol. The summed E-state index contributed by atoms with van der Waals surface area (Å²) in [6.07, 6.45) is -4.51. The van der Waals surface area contributed by atoms with Crippen LogP contribution in [0.1, 0.15) is 22.3 Å². The molecule has 0 unspecified atom stereocenters. The molecular formula is C34H30F3NO6. The van der Waals surface area contributed by atoms with Crippen LogP contribution in [0.15, 0.2) is 97.1 Å². The van der Waals surface area contributed by atoms with Crippen LogP contribution in [-0.4, -0.2) is 55.1 Å². The van der Waals surface area contributed by atoms with Crippen molar-refractivity contribution in [1.82, 2.24) is 5.32 Å². The molecule has 0 saturated carbocycles. The standard InChI is InChI=1S/C34H30F3NO6/c35-34(36,37)33(41)44-32(40)24-12-10-22(11-13-24)25-15-17-30-26(18-25)14-16-28(43-30)20-38-19-27(39)21-42-31-9-5-4-8-29(31)23-6-2-1-3-7-23/h1-13,15,17-18,27-28,38-39H,14,16,19-21H2/t27-,28-/m1/s1. The summed E-state index contributed by atoms with van der Waals surface area (Å²) >= 11 is 0. The summed E-state index contributed by atoms with van der Waals surface area (Å²) in [7, 11) is 0. The van der Waals surface area contributed by atoms with E-state index in [4.69, 9.17) is 9.47 Å². The van der Waals surface area contributed by atoms with Crippen molar-refractivity contribution in [3.8, 4) is 33.8 Å². The zero-order chi connectivity index (χ0) is 31.1. The molecule has 0 saturated heterocycles. The summed E-state index contributed by atoms with van der Waals surface area (Å²) < 4.78 is 53.0. The fraction of sp³-hybridized carbons (Fsp3) is 0.235. The number of nitrogens with one attached hydrogen (secondary N) is 1. The lowest BCUT2D eigenvalue weighted by Crippen LogP contribution is -2.39. The van der Waals surface area contributed by atoms with Crippen molar-refractivity contribution < 1.29 is 42.1 Å². The number of benzene rings is 4. The van der Waals surface area contributed by atoms with Crippen LogP contribution in [0.3, 0.4) is 0 Å². The smallest absolute Gasteiger partial charge is 0.490 e. The maximum Gasteiger partial charge on any atom is 0.491 e. The van der Waals surface area contributed by atoms with E-state index in [1.54, 1.807) is 12.1 Å². The molecule has 4 aromatic rings. The molecule has 44 heavy (non-hydrogen) atoms. The van der Waals surface area contributed by atoms with Crippen LogP contribution in [-0.2, 0) is 16.0 Å². The van der Waals surface area contributed by atoms with Crippen LogP contribution in [0.25, 0.3) is 22.3 Å². The number of ether oxygens (including phenoxy) is 3. The van der Waals surface area contributed by atoms with Gasteiger partial charge in [0, 0.05) is 18.7 Å². The molecule has 1 heterocycles. The number of aliphatic hydroxyl groups is 1. The monoisotopic (exact) mass is 605 g/mol. The third-order valence-electron chi connectivity index (χ3n) is 7.12. The first-order valence-corrected chi connectivity index (χ1v) is 14.1. The van der Waals surface area contributed by atoms with Crippen molar-refractivity contribution in [1.29, 1.82) is 0 Å². The molecule has 2 N–H and O–H groups in total. The molecule has 0 aliphatic carbocycles. The molecule has 0 amide bonds. The molecule has 10 heteroatoms. The van der Waals surface area contributed by atoms with Crippen molar-refractivity contribution in [2.75, 3.05) is 19.7 Å². The third kappa shape index (κ3) is 7.83. The summed E-state index contributed by atoms with van der Waals surface area (Å²) in [6, 6.07) is 29.1. The minimum Gasteiger partial charge on any atom is -0.490 e. The van der Waals surface area contributed by atoms with E-state index in [1.165, 1.54) is 12.1 Å². The lowest BCUT2D eigenvalue weighted by Gasteiger charge is -2.27. The van der Waals surface area contributed by atoms with Crippen LogP contribution in [0, 0.1) is 0 Å². The molecule has 0 aromatic heterocycles. The molecule has 4 aromatic carbocycles. The molecule has 2 atom stereocenters. The number of carbonyl (C=O) groups excluding carboxylic acids is 2. The third-order valence-corrected chi connectivity index (χ3v) is 7.12. The topological polar surface area (TPSA) is 94.1 Å². The highest BCUT2D eigenvalue weighted by Crippen LogP contribution is 2.33. The van der Waals surface area contributed by atoms with Gasteiger partial charge in [-0.25, -0.2) is 9.59 Å². The predicted molar refractivity (Wildman–Crippen MR) is 157 cm³/mol. The van der Waals surface area contributed by atoms with Crippen LogP contribution in [0.4, 0.5) is 13.2 Å². The van der Waals surface area contributed by atoms with Gasteiger partial charge in [0.2, 0.25) is 0 Å². The zero-order valence-electron chi connectivity index (χ0n) is 23.6. The summed E-state index contributed by atoms with van der Waals surface area (Å²) in [5.41, 5.74) is 4.41. The Morgan fingerprint density at radius 2 is 1.61 bits per heavy atom. The van der Waals surface area contributed by atoms with E-state index < -0.39 is 24.2 Å². The number of carbonyl (C=O) groups is 2. The summed E-state index contributed by atoms with van der Waals surface area (Å²) in [5.74, 6) is -2.47. The average Bonchev–Trinajstić information content (AvgIpc) is 3.03. The van der Waals surface area contributed by atoms with Crippen molar-refractivity contribution >= 4 is 11.9 Å². The number of hydrogen-bond acceptors (Lipinski definition) is 7. The molecule has 5 rings (SSSR count). The van der Waals surface area contributed by atoms with Crippen molar-refractivity contribution in [2.24, 2.45) is 0 Å². The Labute approximate surface area is 252 Å². The van der Waals surface area contributed by atoms with E-state index >= 15 is 0 Å². The van der Waals surface area contributed by atoms with Crippen LogP contribution >= 0.6 is 0 Å². The number of aliphatic hydroxyl groups excluding tert-OH is 1. The minimum atomic E-state index is -5.25. The van der Waals surface area contributed by atoms with E-state index in [2.05, 4.69) is 10.1 Å². The maximum atomic E-state index is 12.3. The lowest BCUT2D eigenvalue weighted by molar-refractivity contribution is -0.193. The molecule has 7 nitrogen and oxygen atoms in total. The predicted octanol–water partition coefficient (Wildman–Crippen LogP) is 5.99. The van der Waals surface area contributed by atoms with Crippen molar-refractivity contribution in [3.05, 3.63) is 108 Å². The summed E-state index contributed by atoms with van der Waals surface area (Å²) in [4.78, 5) is 22.8. The second kappa shape index (κ2) is 13.7. The molecule has 1 aliphatic rings. The molecule has 0 fully saturated rings. The SMILES string of the molecule is O=C(OC(=O)C(F)(F)F)c1ccc(-c2ccc3c(c2)CC[C@H](CNC[C@@H](O)COc2ccccc2-c2ccccc2)O3)cc1. The van der Waals surface area contributed by atoms with Gasteiger partial charge in [-0.15, -0.1) is 0 Å². The highest BCUT2D eigenvalue weighted by molar-refractivity contribution is 5.98. The molecule has 1 aliphatic heterocycles. The lowest BCUT2D eigenvalue weighted by atomic mass is 9.96. The Kier molecular flexibility index (Phi) is 9.62. The van der Waals surface area contributed by atoms with Gasteiger partial charge in [0.05, 0.1) is 5.56 Å². The van der Waals surface area contributed by atoms with E-state index in [1.807, 2.05) is 72.8 Å². The number of aryl methyl sites for hydroxylation is 1. The Hall–Kier alpha value is -4.67. The normalized spacial score (nSPS) is 15.0. The van der Waals surface area contributed by atoms with Crippen molar-refractivity contribution in [3.63, 3.8) is 0 Å². The first-order valence-electron chi connectivity index (χ1n) is 14.1. The molecular weight excluding hydrogens is 575 g/mol. The largest absolute Gasteiger partial charge is 0.491 e. The van der Waals surface area contributed by atoms with Crippen LogP contribution in [0.5, 0.6) is 11.5 Å². The van der Waals surface area contributed by atoms with Gasteiger partial charge in [-0.3, -0.25) is 0 Å². The summed E-state index contributed by atoms with van der Waals surface area (Å²) in [5, 5.41) is 13.8. The van der Waals surface area contributed by atoms with Gasteiger partial charge in [0.1, 0.15) is 30.3 Å². The Morgan fingerprint density at radius 1 is 0.909 bits per heavy atom. The molecule has 0 bridgehead atoms. The van der Waals surface area contributed by atoms with Crippen molar-refractivity contribution in [2.45, 2.75) is 31.2 Å². The Balaban J connectivity index is 1.09. The summed E-state index contributed by atoms with van der Waals surface area (Å²) in [6.45, 7) is 1.03. The van der Waals surface area contributed by atoms with Gasteiger partial charge in [-0.1, -0.05) is 66.7 Å². The van der Waals surface area contributed by atoms with Gasteiger partial charge < -0.3 is 24.6 Å². The number of para-hydroxylation sites is 1. The van der Waals surface area contributed by atoms with Gasteiger partial charge >= 0.3 is 18.1 Å². The second-order valence-electron chi connectivity index (χ2n) is 10.3. The number of esters is 2. The zero-order valence-corrected chi connectivity index (χ0v) is 23.6. The second-order valence-corrected chi connectivity index (χ2v) is 10.3. The maximum absolute atomic E-state index is 12.3. The van der Waals surface area contributed by atoms with Gasteiger partial charge in [0.25, 0.3) is 0 Å². The molecule has 0 spiro atoms. The first-order chi connectivity index (χ1) is 21.2. The number of fused-ring (bicyclic) bond motifs is 1.